The number of aryl methyl sites for hydroxylation is 1. The van der Waals surface area contributed by atoms with Gasteiger partial charge in [0.25, 0.3) is 0 Å². The number of rotatable bonds is 4. The van der Waals surface area contributed by atoms with E-state index in [-0.39, 0.29) is 0 Å². The maximum Gasteiger partial charge on any atom is 0.0533 e. The zero-order chi connectivity index (χ0) is 10.8. The van der Waals surface area contributed by atoms with Gasteiger partial charge in [-0.15, -0.1) is 0 Å². The number of nitrogens with two attached hydrogens (primary N) is 1. The van der Waals surface area contributed by atoms with E-state index >= 15 is 0 Å². The Bertz CT molecular complexity index is 385. The van der Waals surface area contributed by atoms with Crippen molar-refractivity contribution in [1.29, 1.82) is 0 Å². The van der Waals surface area contributed by atoms with Crippen molar-refractivity contribution in [3.63, 3.8) is 0 Å². The Hall–Kier alpha value is -0.830. The van der Waals surface area contributed by atoms with E-state index in [0.29, 0.717) is 5.69 Å². The zero-order valence-electron chi connectivity index (χ0n) is 9.03. The molecule has 0 radical (unpaired) electrons. The van der Waals surface area contributed by atoms with Crippen LogP contribution in [0.2, 0.25) is 0 Å². The fourth-order valence-corrected chi connectivity index (χ4v) is 3.11. The first-order chi connectivity index (χ1) is 7.16. The predicted octanol–water partition coefficient (Wildman–Crippen LogP) is 2.48. The first kappa shape index (κ1) is 10.7. The van der Waals surface area contributed by atoms with Crippen LogP contribution in [-0.4, -0.2) is 9.96 Å². The van der Waals surface area contributed by atoms with Crippen LogP contribution < -0.4 is 5.73 Å². The van der Waals surface area contributed by atoms with Gasteiger partial charge in [-0.25, -0.2) is 0 Å². The molecule has 82 valence electrons. The summed E-state index contributed by atoms with van der Waals surface area (Å²) in [5.74, 6) is 1.63. The Morgan fingerprint density at radius 1 is 1.47 bits per heavy atom. The van der Waals surface area contributed by atoms with Crippen molar-refractivity contribution in [2.24, 2.45) is 5.92 Å². The summed E-state index contributed by atoms with van der Waals surface area (Å²) in [4.78, 5) is 0.913. The maximum absolute atomic E-state index is 12.0. The fourth-order valence-electron chi connectivity index (χ4n) is 1.65. The molecule has 1 unspecified atom stereocenters. The van der Waals surface area contributed by atoms with E-state index in [0.717, 1.165) is 28.6 Å². The standard InChI is InChI=1S/C12H17NOS/c1-9-2-5-11(13)8-12(9)15(14)7-6-10-3-4-10/h2,5,8,10H,3-4,6-7,13H2,1H3. The average molecular weight is 223 g/mol. The number of benzene rings is 1. The van der Waals surface area contributed by atoms with E-state index in [4.69, 9.17) is 5.73 Å². The lowest BCUT2D eigenvalue weighted by Crippen LogP contribution is -2.02. The molecule has 1 fully saturated rings. The van der Waals surface area contributed by atoms with Crippen LogP contribution in [-0.2, 0) is 10.8 Å². The average Bonchev–Trinajstić information content (AvgIpc) is 3.02. The Morgan fingerprint density at radius 2 is 2.20 bits per heavy atom. The molecule has 2 N–H and O–H groups in total. The van der Waals surface area contributed by atoms with Crippen molar-refractivity contribution in [1.82, 2.24) is 0 Å². The Labute approximate surface area is 93.3 Å². The molecule has 1 aromatic carbocycles. The highest BCUT2D eigenvalue weighted by atomic mass is 32.2. The molecule has 1 aromatic rings. The maximum atomic E-state index is 12.0. The van der Waals surface area contributed by atoms with Crippen LogP contribution in [0.15, 0.2) is 23.1 Å². The van der Waals surface area contributed by atoms with Crippen molar-refractivity contribution in [2.45, 2.75) is 31.1 Å². The molecule has 0 aliphatic heterocycles. The van der Waals surface area contributed by atoms with E-state index in [1.54, 1.807) is 0 Å². The summed E-state index contributed by atoms with van der Waals surface area (Å²) in [5.41, 5.74) is 7.48. The molecule has 0 bridgehead atoms. The van der Waals surface area contributed by atoms with E-state index in [1.807, 2.05) is 25.1 Å². The van der Waals surface area contributed by atoms with Crippen LogP contribution in [0, 0.1) is 12.8 Å². The van der Waals surface area contributed by atoms with Gasteiger partial charge in [-0.1, -0.05) is 18.9 Å². The quantitative estimate of drug-likeness (QED) is 0.797. The van der Waals surface area contributed by atoms with Gasteiger partial charge in [0.2, 0.25) is 0 Å². The van der Waals surface area contributed by atoms with Crippen molar-refractivity contribution >= 4 is 16.5 Å². The van der Waals surface area contributed by atoms with Gasteiger partial charge in [-0.3, -0.25) is 4.21 Å². The molecule has 1 saturated carbocycles. The van der Waals surface area contributed by atoms with E-state index in [9.17, 15) is 4.21 Å². The van der Waals surface area contributed by atoms with Gasteiger partial charge in [-0.05, 0) is 37.0 Å². The predicted molar refractivity (Wildman–Crippen MR) is 64.2 cm³/mol. The minimum atomic E-state index is -0.866. The van der Waals surface area contributed by atoms with Crippen LogP contribution in [0.1, 0.15) is 24.8 Å². The lowest BCUT2D eigenvalue weighted by Gasteiger charge is -2.06. The molecule has 1 aliphatic carbocycles. The number of hydrogen-bond acceptors (Lipinski definition) is 2. The van der Waals surface area contributed by atoms with Gasteiger partial charge < -0.3 is 5.73 Å². The highest BCUT2D eigenvalue weighted by Gasteiger charge is 2.22. The van der Waals surface area contributed by atoms with Crippen molar-refractivity contribution in [2.75, 3.05) is 11.5 Å². The molecular formula is C12H17NOS. The van der Waals surface area contributed by atoms with Crippen molar-refractivity contribution < 1.29 is 4.21 Å². The largest absolute Gasteiger partial charge is 0.399 e. The molecule has 0 saturated heterocycles. The minimum absolute atomic E-state index is 0.704. The third-order valence-electron chi connectivity index (χ3n) is 2.87. The third kappa shape index (κ3) is 2.81. The Balaban J connectivity index is 2.05. The molecular weight excluding hydrogens is 206 g/mol. The third-order valence-corrected chi connectivity index (χ3v) is 4.40. The second kappa shape index (κ2) is 4.35. The van der Waals surface area contributed by atoms with E-state index in [1.165, 1.54) is 12.8 Å². The Kier molecular flexibility index (Phi) is 3.10. The molecule has 1 aliphatic rings. The summed E-state index contributed by atoms with van der Waals surface area (Å²) in [5, 5.41) is 0. The lowest BCUT2D eigenvalue weighted by molar-refractivity contribution is 0.676. The number of hydrogen-bond donors (Lipinski definition) is 1. The summed E-state index contributed by atoms with van der Waals surface area (Å²) in [7, 11) is -0.866. The minimum Gasteiger partial charge on any atom is -0.399 e. The van der Waals surface area contributed by atoms with Crippen molar-refractivity contribution in [3.8, 4) is 0 Å². The molecule has 2 nitrogen and oxygen atoms in total. The van der Waals surface area contributed by atoms with Crippen LogP contribution >= 0.6 is 0 Å². The van der Waals surface area contributed by atoms with Crippen LogP contribution in [0.3, 0.4) is 0 Å². The highest BCUT2D eigenvalue weighted by molar-refractivity contribution is 7.85. The lowest BCUT2D eigenvalue weighted by atomic mass is 10.2. The molecule has 0 amide bonds. The fraction of sp³-hybridized carbons (Fsp3) is 0.500. The molecule has 15 heavy (non-hydrogen) atoms. The second-order valence-electron chi connectivity index (χ2n) is 4.31. The van der Waals surface area contributed by atoms with Crippen LogP contribution in [0.25, 0.3) is 0 Å². The summed E-state index contributed by atoms with van der Waals surface area (Å²) in [6, 6.07) is 5.65. The van der Waals surface area contributed by atoms with Crippen LogP contribution in [0.5, 0.6) is 0 Å². The monoisotopic (exact) mass is 223 g/mol. The van der Waals surface area contributed by atoms with E-state index in [2.05, 4.69) is 0 Å². The Morgan fingerprint density at radius 3 is 2.87 bits per heavy atom. The topological polar surface area (TPSA) is 43.1 Å². The van der Waals surface area contributed by atoms with Crippen LogP contribution in [0.4, 0.5) is 5.69 Å². The normalized spacial score (nSPS) is 17.7. The van der Waals surface area contributed by atoms with Gasteiger partial charge in [0.05, 0.1) is 10.8 Å². The summed E-state index contributed by atoms with van der Waals surface area (Å²) in [6.45, 7) is 1.99. The SMILES string of the molecule is Cc1ccc(N)cc1S(=O)CCC1CC1. The number of nitrogen functional groups attached to an aromatic ring is 1. The summed E-state index contributed by atoms with van der Waals surface area (Å²) in [6.07, 6.45) is 3.75. The molecule has 2 rings (SSSR count). The first-order valence-corrected chi connectivity index (χ1v) is 6.73. The van der Waals surface area contributed by atoms with Gasteiger partial charge in [-0.2, -0.15) is 0 Å². The summed E-state index contributed by atoms with van der Waals surface area (Å²) < 4.78 is 12.0. The smallest absolute Gasteiger partial charge is 0.0533 e. The van der Waals surface area contributed by atoms with Gasteiger partial charge >= 0.3 is 0 Å². The molecule has 3 heteroatoms. The van der Waals surface area contributed by atoms with Gasteiger partial charge in [0.15, 0.2) is 0 Å². The van der Waals surface area contributed by atoms with Gasteiger partial charge in [0.1, 0.15) is 0 Å². The van der Waals surface area contributed by atoms with E-state index < -0.39 is 10.8 Å². The first-order valence-electron chi connectivity index (χ1n) is 5.41. The highest BCUT2D eigenvalue weighted by Crippen LogP contribution is 2.33. The van der Waals surface area contributed by atoms with Gasteiger partial charge in [0, 0.05) is 16.3 Å². The number of anilines is 1. The molecule has 0 heterocycles. The second-order valence-corrected chi connectivity index (χ2v) is 5.85. The summed E-state index contributed by atoms with van der Waals surface area (Å²) >= 11 is 0. The van der Waals surface area contributed by atoms with Crippen molar-refractivity contribution in [3.05, 3.63) is 23.8 Å². The zero-order valence-corrected chi connectivity index (χ0v) is 9.85. The molecule has 0 aromatic heterocycles. The molecule has 0 spiro atoms. The molecule has 1 atom stereocenters.